The van der Waals surface area contributed by atoms with Crippen molar-refractivity contribution >= 4 is 5.84 Å². The Morgan fingerprint density at radius 1 is 1.39 bits per heavy atom. The first-order valence-corrected chi connectivity index (χ1v) is 5.97. The van der Waals surface area contributed by atoms with Gasteiger partial charge in [-0.3, -0.25) is 0 Å². The van der Waals surface area contributed by atoms with E-state index in [4.69, 9.17) is 20.4 Å². The fourth-order valence-electron chi connectivity index (χ4n) is 1.60. The Hall–Kier alpha value is -1.91. The van der Waals surface area contributed by atoms with Gasteiger partial charge >= 0.3 is 0 Å². The van der Waals surface area contributed by atoms with Gasteiger partial charge in [0, 0.05) is 0 Å². The molecule has 0 aliphatic heterocycles. The SMILES string of the molecule is CCc1ccc(OC(CC)/C(N)=N/O)c(OC)c1. The molecule has 0 spiro atoms. The smallest absolute Gasteiger partial charge is 0.180 e. The van der Waals surface area contributed by atoms with E-state index < -0.39 is 6.10 Å². The Kier molecular flexibility index (Phi) is 5.30. The summed E-state index contributed by atoms with van der Waals surface area (Å²) >= 11 is 0. The van der Waals surface area contributed by atoms with Gasteiger partial charge < -0.3 is 20.4 Å². The second kappa shape index (κ2) is 6.74. The Morgan fingerprint density at radius 3 is 2.61 bits per heavy atom. The Bertz CT molecular complexity index is 419. The second-order valence-electron chi connectivity index (χ2n) is 3.88. The minimum absolute atomic E-state index is 0.0547. The van der Waals surface area contributed by atoms with Crippen molar-refractivity contribution in [2.45, 2.75) is 32.8 Å². The second-order valence-corrected chi connectivity index (χ2v) is 3.88. The fraction of sp³-hybridized carbons (Fsp3) is 0.462. The minimum atomic E-state index is -0.462. The lowest BCUT2D eigenvalue weighted by Gasteiger charge is -2.18. The van der Waals surface area contributed by atoms with Crippen LogP contribution in [0.5, 0.6) is 11.5 Å². The molecule has 1 aromatic rings. The van der Waals surface area contributed by atoms with E-state index in [-0.39, 0.29) is 5.84 Å². The van der Waals surface area contributed by atoms with Crippen LogP contribution in [0, 0.1) is 0 Å². The molecule has 0 amide bonds. The van der Waals surface area contributed by atoms with Crippen LogP contribution in [0.15, 0.2) is 23.4 Å². The van der Waals surface area contributed by atoms with E-state index in [0.717, 1.165) is 12.0 Å². The van der Waals surface area contributed by atoms with Crippen molar-refractivity contribution in [2.75, 3.05) is 7.11 Å². The van der Waals surface area contributed by atoms with Crippen LogP contribution in [0.3, 0.4) is 0 Å². The van der Waals surface area contributed by atoms with Gasteiger partial charge in [-0.25, -0.2) is 0 Å². The monoisotopic (exact) mass is 252 g/mol. The summed E-state index contributed by atoms with van der Waals surface area (Å²) in [6.45, 7) is 3.97. The number of ether oxygens (including phenoxy) is 2. The van der Waals surface area contributed by atoms with E-state index in [9.17, 15) is 0 Å². The van der Waals surface area contributed by atoms with Crippen LogP contribution < -0.4 is 15.2 Å². The minimum Gasteiger partial charge on any atom is -0.493 e. The molecule has 1 atom stereocenters. The zero-order valence-electron chi connectivity index (χ0n) is 11.0. The maximum Gasteiger partial charge on any atom is 0.180 e. The van der Waals surface area contributed by atoms with Crippen LogP contribution in [0.2, 0.25) is 0 Å². The van der Waals surface area contributed by atoms with E-state index in [1.165, 1.54) is 0 Å². The van der Waals surface area contributed by atoms with E-state index in [2.05, 4.69) is 12.1 Å². The highest BCUT2D eigenvalue weighted by Crippen LogP contribution is 2.29. The van der Waals surface area contributed by atoms with E-state index >= 15 is 0 Å². The van der Waals surface area contributed by atoms with Gasteiger partial charge in [0.25, 0.3) is 0 Å². The number of nitrogens with zero attached hydrogens (tertiary/aromatic N) is 1. The van der Waals surface area contributed by atoms with Crippen molar-refractivity contribution in [1.29, 1.82) is 0 Å². The molecule has 0 aliphatic carbocycles. The van der Waals surface area contributed by atoms with Gasteiger partial charge in [-0.1, -0.05) is 25.1 Å². The van der Waals surface area contributed by atoms with Gasteiger partial charge in [0.05, 0.1) is 7.11 Å². The standard InChI is InChI=1S/C13H20N2O3/c1-4-9-6-7-11(12(8-9)17-3)18-10(5-2)13(14)15-16/h6-8,10,16H,4-5H2,1-3H3,(H2,14,15). The quantitative estimate of drug-likeness (QED) is 0.352. The molecule has 18 heavy (non-hydrogen) atoms. The molecule has 3 N–H and O–H groups in total. The number of aryl methyl sites for hydroxylation is 1. The Morgan fingerprint density at radius 2 is 2.11 bits per heavy atom. The first-order chi connectivity index (χ1) is 8.65. The normalized spacial score (nSPS) is 13.2. The van der Waals surface area contributed by atoms with Crippen LogP contribution >= 0.6 is 0 Å². The molecule has 0 aliphatic rings. The molecule has 0 radical (unpaired) electrons. The van der Waals surface area contributed by atoms with Gasteiger partial charge in [0.2, 0.25) is 0 Å². The van der Waals surface area contributed by atoms with Crippen LogP contribution in [-0.4, -0.2) is 24.3 Å². The number of benzene rings is 1. The third kappa shape index (κ3) is 3.29. The van der Waals surface area contributed by atoms with Crippen molar-refractivity contribution in [1.82, 2.24) is 0 Å². The summed E-state index contributed by atoms with van der Waals surface area (Å²) in [4.78, 5) is 0. The molecule has 0 heterocycles. The molecule has 0 fully saturated rings. The highest BCUT2D eigenvalue weighted by Gasteiger charge is 2.16. The van der Waals surface area contributed by atoms with Crippen molar-refractivity contribution in [3.05, 3.63) is 23.8 Å². The predicted octanol–water partition coefficient (Wildman–Crippen LogP) is 2.16. The summed E-state index contributed by atoms with van der Waals surface area (Å²) < 4.78 is 11.0. The van der Waals surface area contributed by atoms with Gasteiger partial charge in [-0.05, 0) is 30.5 Å². The lowest BCUT2D eigenvalue weighted by atomic mass is 10.1. The van der Waals surface area contributed by atoms with Crippen LogP contribution in [0.25, 0.3) is 0 Å². The van der Waals surface area contributed by atoms with Crippen LogP contribution in [-0.2, 0) is 6.42 Å². The number of hydrogen-bond acceptors (Lipinski definition) is 4. The predicted molar refractivity (Wildman–Crippen MR) is 70.5 cm³/mol. The molecular weight excluding hydrogens is 232 g/mol. The zero-order chi connectivity index (χ0) is 13.5. The summed E-state index contributed by atoms with van der Waals surface area (Å²) in [7, 11) is 1.59. The number of oxime groups is 1. The molecule has 1 rings (SSSR count). The summed E-state index contributed by atoms with van der Waals surface area (Å²) in [5.41, 5.74) is 6.72. The summed E-state index contributed by atoms with van der Waals surface area (Å²) in [5.74, 6) is 1.30. The van der Waals surface area contributed by atoms with Crippen LogP contribution in [0.1, 0.15) is 25.8 Å². The maximum absolute atomic E-state index is 8.67. The van der Waals surface area contributed by atoms with E-state index in [1.54, 1.807) is 7.11 Å². The average molecular weight is 252 g/mol. The van der Waals surface area contributed by atoms with Gasteiger partial charge in [0.15, 0.2) is 23.4 Å². The first kappa shape index (κ1) is 14.2. The number of nitrogens with two attached hydrogens (primary N) is 1. The maximum atomic E-state index is 8.67. The number of rotatable bonds is 6. The molecule has 0 aromatic heterocycles. The van der Waals surface area contributed by atoms with Crippen molar-refractivity contribution in [2.24, 2.45) is 10.9 Å². The fourth-order valence-corrected chi connectivity index (χ4v) is 1.60. The third-order valence-corrected chi connectivity index (χ3v) is 2.72. The van der Waals surface area contributed by atoms with Gasteiger partial charge in [-0.15, -0.1) is 0 Å². The molecule has 0 saturated heterocycles. The number of amidine groups is 1. The average Bonchev–Trinajstić information content (AvgIpc) is 2.43. The van der Waals surface area contributed by atoms with Crippen LogP contribution in [0.4, 0.5) is 0 Å². The highest BCUT2D eigenvalue weighted by molar-refractivity contribution is 5.84. The highest BCUT2D eigenvalue weighted by atomic mass is 16.5. The van der Waals surface area contributed by atoms with Gasteiger partial charge in [0.1, 0.15) is 0 Å². The van der Waals surface area contributed by atoms with E-state index in [1.807, 2.05) is 25.1 Å². The lowest BCUT2D eigenvalue weighted by Crippen LogP contribution is -2.33. The largest absolute Gasteiger partial charge is 0.493 e. The molecule has 0 saturated carbocycles. The van der Waals surface area contributed by atoms with Crippen molar-refractivity contribution < 1.29 is 14.7 Å². The summed E-state index contributed by atoms with van der Waals surface area (Å²) in [6, 6.07) is 5.73. The molecule has 1 aromatic carbocycles. The third-order valence-electron chi connectivity index (χ3n) is 2.72. The van der Waals surface area contributed by atoms with Gasteiger partial charge in [-0.2, -0.15) is 0 Å². The molecule has 1 unspecified atom stereocenters. The van der Waals surface area contributed by atoms with Crippen molar-refractivity contribution in [3.63, 3.8) is 0 Å². The zero-order valence-corrected chi connectivity index (χ0v) is 11.0. The number of methoxy groups -OCH3 is 1. The molecule has 5 heteroatoms. The summed E-state index contributed by atoms with van der Waals surface area (Å²) in [6.07, 6.45) is 1.07. The Labute approximate surface area is 107 Å². The topological polar surface area (TPSA) is 77.1 Å². The van der Waals surface area contributed by atoms with Crippen molar-refractivity contribution in [3.8, 4) is 11.5 Å². The lowest BCUT2D eigenvalue weighted by molar-refractivity contribution is 0.236. The first-order valence-electron chi connectivity index (χ1n) is 5.97. The molecular formula is C13H20N2O3. The van der Waals surface area contributed by atoms with E-state index in [0.29, 0.717) is 17.9 Å². The number of hydrogen-bond donors (Lipinski definition) is 2. The molecule has 0 bridgehead atoms. The Balaban J connectivity index is 2.95. The molecule has 100 valence electrons. The summed E-state index contributed by atoms with van der Waals surface area (Å²) in [5, 5.41) is 11.6. The molecule has 5 nitrogen and oxygen atoms in total.